The van der Waals surface area contributed by atoms with Crippen LogP contribution in [-0.4, -0.2) is 18.0 Å². The highest BCUT2D eigenvalue weighted by Crippen LogP contribution is 2.23. The Morgan fingerprint density at radius 1 is 0.867 bits per heavy atom. The molecule has 3 aromatic carbocycles. The third-order valence-corrected chi connectivity index (χ3v) is 4.14. The molecular weight excluding hydrogens is 385 g/mol. The predicted octanol–water partition coefficient (Wildman–Crippen LogP) is 5.15. The summed E-state index contributed by atoms with van der Waals surface area (Å²) in [7, 11) is 0. The van der Waals surface area contributed by atoms with Crippen LogP contribution in [0.15, 0.2) is 78.9 Å². The third-order valence-electron chi connectivity index (χ3n) is 4.14. The van der Waals surface area contributed by atoms with Gasteiger partial charge in [-0.2, -0.15) is 0 Å². The van der Waals surface area contributed by atoms with Crippen LogP contribution in [0.1, 0.15) is 35.9 Å². The first-order valence-corrected chi connectivity index (χ1v) is 9.51. The molecule has 1 N–H and O–H groups in total. The van der Waals surface area contributed by atoms with Crippen molar-refractivity contribution in [3.63, 3.8) is 0 Å². The minimum Gasteiger partial charge on any atom is -0.491 e. The highest BCUT2D eigenvalue weighted by atomic mass is 19.1. The van der Waals surface area contributed by atoms with Crippen molar-refractivity contribution >= 4 is 17.6 Å². The molecule has 3 aromatic rings. The Labute approximate surface area is 174 Å². The van der Waals surface area contributed by atoms with E-state index in [1.807, 2.05) is 13.8 Å². The maximum atomic E-state index is 13.1. The molecule has 1 atom stereocenters. The van der Waals surface area contributed by atoms with Gasteiger partial charge in [0.2, 0.25) is 6.10 Å². The second kappa shape index (κ2) is 9.69. The zero-order valence-corrected chi connectivity index (χ0v) is 16.7. The van der Waals surface area contributed by atoms with Crippen molar-refractivity contribution in [2.75, 3.05) is 5.32 Å². The van der Waals surface area contributed by atoms with E-state index in [4.69, 9.17) is 9.47 Å². The Bertz CT molecular complexity index is 986. The van der Waals surface area contributed by atoms with Crippen LogP contribution in [0.4, 0.5) is 10.1 Å². The van der Waals surface area contributed by atoms with Crippen molar-refractivity contribution in [3.05, 3.63) is 95.8 Å². The molecule has 6 heteroatoms. The second-order valence-corrected chi connectivity index (χ2v) is 6.88. The lowest BCUT2D eigenvalue weighted by atomic mass is 10.1. The summed E-state index contributed by atoms with van der Waals surface area (Å²) < 4.78 is 24.2. The monoisotopic (exact) mass is 407 g/mol. The number of amides is 1. The van der Waals surface area contributed by atoms with Gasteiger partial charge in [0, 0.05) is 11.3 Å². The molecular formula is C24H22FNO4. The minimum atomic E-state index is -1.17. The van der Waals surface area contributed by atoms with E-state index >= 15 is 0 Å². The number of carbonyl (C=O) groups excluding carboxylic acids is 2. The van der Waals surface area contributed by atoms with E-state index in [0.29, 0.717) is 22.6 Å². The van der Waals surface area contributed by atoms with Crippen LogP contribution >= 0.6 is 0 Å². The molecule has 0 saturated carbocycles. The highest BCUT2D eigenvalue weighted by Gasteiger charge is 2.26. The lowest BCUT2D eigenvalue weighted by molar-refractivity contribution is -0.125. The van der Waals surface area contributed by atoms with Gasteiger partial charge in [0.1, 0.15) is 11.6 Å². The Hall–Kier alpha value is -3.67. The molecule has 0 aliphatic rings. The van der Waals surface area contributed by atoms with Crippen LogP contribution in [-0.2, 0) is 9.53 Å². The standard InChI is InChI=1S/C24H22FNO4/c1-16(2)29-21-14-8-18(9-15-21)24(28)30-22(17-6-4-3-5-7-17)23(27)26-20-12-10-19(25)11-13-20/h3-16,22H,1-2H3,(H,26,27)/t22-/m1/s1. The van der Waals surface area contributed by atoms with Crippen molar-refractivity contribution in [3.8, 4) is 5.75 Å². The molecule has 0 fully saturated rings. The van der Waals surface area contributed by atoms with Crippen LogP contribution < -0.4 is 10.1 Å². The number of hydrogen-bond acceptors (Lipinski definition) is 4. The minimum absolute atomic E-state index is 0.0143. The zero-order valence-electron chi connectivity index (χ0n) is 16.7. The van der Waals surface area contributed by atoms with Gasteiger partial charge >= 0.3 is 5.97 Å². The number of nitrogens with one attached hydrogen (secondary N) is 1. The second-order valence-electron chi connectivity index (χ2n) is 6.88. The fourth-order valence-electron chi connectivity index (χ4n) is 2.76. The lowest BCUT2D eigenvalue weighted by Crippen LogP contribution is -2.26. The molecule has 0 unspecified atom stereocenters. The molecule has 154 valence electrons. The molecule has 0 aliphatic carbocycles. The number of hydrogen-bond donors (Lipinski definition) is 1. The maximum absolute atomic E-state index is 13.1. The first kappa shape index (κ1) is 21.0. The van der Waals surface area contributed by atoms with Crippen LogP contribution in [0.25, 0.3) is 0 Å². The van der Waals surface area contributed by atoms with Gasteiger partial charge in [0.25, 0.3) is 5.91 Å². The van der Waals surface area contributed by atoms with Crippen molar-refractivity contribution in [2.24, 2.45) is 0 Å². The van der Waals surface area contributed by atoms with Crippen molar-refractivity contribution in [1.82, 2.24) is 0 Å². The molecule has 0 aliphatic heterocycles. The summed E-state index contributed by atoms with van der Waals surface area (Å²) in [5, 5.41) is 2.65. The molecule has 0 saturated heterocycles. The number of esters is 1. The van der Waals surface area contributed by atoms with E-state index in [9.17, 15) is 14.0 Å². The van der Waals surface area contributed by atoms with E-state index < -0.39 is 23.8 Å². The number of rotatable bonds is 7. The van der Waals surface area contributed by atoms with Gasteiger partial charge in [-0.15, -0.1) is 0 Å². The quantitative estimate of drug-likeness (QED) is 0.550. The summed E-state index contributed by atoms with van der Waals surface area (Å²) in [6.07, 6.45) is -1.16. The summed E-state index contributed by atoms with van der Waals surface area (Å²) >= 11 is 0. The Kier molecular flexibility index (Phi) is 6.80. The van der Waals surface area contributed by atoms with Gasteiger partial charge in [0.05, 0.1) is 11.7 Å². The molecule has 0 heterocycles. The highest BCUT2D eigenvalue weighted by molar-refractivity contribution is 5.98. The molecule has 0 aromatic heterocycles. The SMILES string of the molecule is CC(C)Oc1ccc(C(=O)O[C@@H](C(=O)Nc2ccc(F)cc2)c2ccccc2)cc1. The summed E-state index contributed by atoms with van der Waals surface area (Å²) in [4.78, 5) is 25.5. The third kappa shape index (κ3) is 5.67. The van der Waals surface area contributed by atoms with Crippen LogP contribution in [0.5, 0.6) is 5.75 Å². The van der Waals surface area contributed by atoms with Gasteiger partial charge < -0.3 is 14.8 Å². The number of ether oxygens (including phenoxy) is 2. The summed E-state index contributed by atoms with van der Waals surface area (Å²) in [5.41, 5.74) is 1.21. The van der Waals surface area contributed by atoms with Gasteiger partial charge in [-0.3, -0.25) is 4.79 Å². The molecule has 0 bridgehead atoms. The topological polar surface area (TPSA) is 64.6 Å². The molecule has 0 radical (unpaired) electrons. The fraction of sp³-hybridized carbons (Fsp3) is 0.167. The smallest absolute Gasteiger partial charge is 0.339 e. The summed E-state index contributed by atoms with van der Waals surface area (Å²) in [6, 6.07) is 20.5. The van der Waals surface area contributed by atoms with Crippen LogP contribution in [0, 0.1) is 5.82 Å². The van der Waals surface area contributed by atoms with E-state index in [1.54, 1.807) is 54.6 Å². The zero-order chi connectivity index (χ0) is 21.5. The van der Waals surface area contributed by atoms with Crippen molar-refractivity contribution in [2.45, 2.75) is 26.1 Å². The number of halogens is 1. The van der Waals surface area contributed by atoms with Gasteiger partial charge in [-0.1, -0.05) is 30.3 Å². The summed E-state index contributed by atoms with van der Waals surface area (Å²) in [6.45, 7) is 3.82. The van der Waals surface area contributed by atoms with E-state index in [2.05, 4.69) is 5.32 Å². The van der Waals surface area contributed by atoms with Crippen LogP contribution in [0.3, 0.4) is 0 Å². The molecule has 1 amide bonds. The van der Waals surface area contributed by atoms with E-state index in [1.165, 1.54) is 24.3 Å². The maximum Gasteiger partial charge on any atom is 0.339 e. The van der Waals surface area contributed by atoms with Crippen molar-refractivity contribution in [1.29, 1.82) is 0 Å². The van der Waals surface area contributed by atoms with Crippen molar-refractivity contribution < 1.29 is 23.5 Å². The Morgan fingerprint density at radius 2 is 1.50 bits per heavy atom. The number of benzene rings is 3. The Balaban J connectivity index is 1.78. The normalized spacial score (nSPS) is 11.6. The average Bonchev–Trinajstić information content (AvgIpc) is 2.74. The molecule has 3 rings (SSSR count). The largest absolute Gasteiger partial charge is 0.491 e. The van der Waals surface area contributed by atoms with Gasteiger partial charge in [-0.25, -0.2) is 9.18 Å². The average molecular weight is 407 g/mol. The van der Waals surface area contributed by atoms with E-state index in [0.717, 1.165) is 0 Å². The molecule has 0 spiro atoms. The number of anilines is 1. The predicted molar refractivity (Wildman–Crippen MR) is 112 cm³/mol. The first-order chi connectivity index (χ1) is 14.4. The molecule has 5 nitrogen and oxygen atoms in total. The summed E-state index contributed by atoms with van der Waals surface area (Å²) in [5.74, 6) is -0.964. The lowest BCUT2D eigenvalue weighted by Gasteiger charge is -2.18. The Morgan fingerprint density at radius 3 is 2.10 bits per heavy atom. The molecule has 30 heavy (non-hydrogen) atoms. The number of carbonyl (C=O) groups is 2. The fourth-order valence-corrected chi connectivity index (χ4v) is 2.76. The van der Waals surface area contributed by atoms with Crippen LogP contribution in [0.2, 0.25) is 0 Å². The van der Waals surface area contributed by atoms with Gasteiger partial charge in [-0.05, 0) is 62.4 Å². The van der Waals surface area contributed by atoms with Gasteiger partial charge in [0.15, 0.2) is 0 Å². The van der Waals surface area contributed by atoms with E-state index in [-0.39, 0.29) is 6.10 Å². The first-order valence-electron chi connectivity index (χ1n) is 9.51.